The van der Waals surface area contributed by atoms with Crippen molar-refractivity contribution in [1.82, 2.24) is 9.97 Å². The molecule has 0 spiro atoms. The number of pyridine rings is 2. The van der Waals surface area contributed by atoms with Crippen LogP contribution in [0, 0.1) is 0 Å². The number of hydrogen-bond acceptors (Lipinski definition) is 3. The van der Waals surface area contributed by atoms with Crippen LogP contribution >= 0.6 is 15.9 Å². The fourth-order valence-corrected chi connectivity index (χ4v) is 1.67. The van der Waals surface area contributed by atoms with Gasteiger partial charge < -0.3 is 0 Å². The van der Waals surface area contributed by atoms with E-state index < -0.39 is 0 Å². The van der Waals surface area contributed by atoms with Gasteiger partial charge in [-0.15, -0.1) is 0 Å². The maximum atomic E-state index is 10.8. The van der Waals surface area contributed by atoms with Crippen molar-refractivity contribution in [2.24, 2.45) is 0 Å². The van der Waals surface area contributed by atoms with Crippen molar-refractivity contribution in [3.63, 3.8) is 0 Å². The molecule has 0 atom stereocenters. The van der Waals surface area contributed by atoms with E-state index in [-0.39, 0.29) is 0 Å². The topological polar surface area (TPSA) is 42.9 Å². The van der Waals surface area contributed by atoms with Gasteiger partial charge in [0.05, 0.1) is 5.69 Å². The quantitative estimate of drug-likeness (QED) is 0.618. The largest absolute Gasteiger partial charge is 0.298 e. The lowest BCUT2D eigenvalue weighted by Gasteiger charge is -2.02. The Balaban J connectivity index is 2.58. The molecule has 2 heterocycles. The van der Waals surface area contributed by atoms with Crippen molar-refractivity contribution < 1.29 is 4.79 Å². The van der Waals surface area contributed by atoms with Gasteiger partial charge in [-0.3, -0.25) is 9.78 Å². The molecular weight excluding hydrogens is 256 g/mol. The van der Waals surface area contributed by atoms with Gasteiger partial charge in [-0.05, 0) is 40.2 Å². The first-order chi connectivity index (χ1) is 7.31. The number of hydrogen-bond donors (Lipinski definition) is 0. The van der Waals surface area contributed by atoms with Crippen LogP contribution in [0.1, 0.15) is 10.4 Å². The van der Waals surface area contributed by atoms with Gasteiger partial charge in [0.1, 0.15) is 4.60 Å². The number of carbonyl (C=O) groups excluding carboxylic acids is 1. The first-order valence-electron chi connectivity index (χ1n) is 4.33. The van der Waals surface area contributed by atoms with Crippen LogP contribution in [0.25, 0.3) is 11.3 Å². The van der Waals surface area contributed by atoms with Gasteiger partial charge in [0.25, 0.3) is 0 Å². The molecular formula is C11H7BrN2O. The van der Waals surface area contributed by atoms with Crippen molar-refractivity contribution in [2.45, 2.75) is 0 Å². The minimum atomic E-state index is 0.579. The Kier molecular flexibility index (Phi) is 2.87. The minimum Gasteiger partial charge on any atom is -0.298 e. The van der Waals surface area contributed by atoms with E-state index in [2.05, 4.69) is 25.9 Å². The molecule has 2 aromatic rings. The molecule has 0 saturated carbocycles. The molecule has 0 aromatic carbocycles. The molecule has 0 amide bonds. The molecule has 74 valence electrons. The Morgan fingerprint density at radius 1 is 1.20 bits per heavy atom. The average Bonchev–Trinajstić information content (AvgIpc) is 2.29. The maximum absolute atomic E-state index is 10.8. The fourth-order valence-electron chi connectivity index (χ4n) is 1.30. The molecule has 3 nitrogen and oxygen atoms in total. The highest BCUT2D eigenvalue weighted by molar-refractivity contribution is 9.10. The van der Waals surface area contributed by atoms with E-state index in [4.69, 9.17) is 0 Å². The summed E-state index contributed by atoms with van der Waals surface area (Å²) < 4.78 is 0.725. The number of nitrogens with zero attached hydrogens (tertiary/aromatic N) is 2. The second kappa shape index (κ2) is 4.31. The van der Waals surface area contributed by atoms with Gasteiger partial charge in [-0.2, -0.15) is 0 Å². The smallest absolute Gasteiger partial charge is 0.152 e. The maximum Gasteiger partial charge on any atom is 0.152 e. The van der Waals surface area contributed by atoms with Crippen LogP contribution in [0.5, 0.6) is 0 Å². The van der Waals surface area contributed by atoms with Gasteiger partial charge in [0.2, 0.25) is 0 Å². The highest BCUT2D eigenvalue weighted by Crippen LogP contribution is 2.21. The van der Waals surface area contributed by atoms with Gasteiger partial charge in [0, 0.05) is 23.5 Å². The van der Waals surface area contributed by atoms with Crippen LogP contribution in [0.15, 0.2) is 41.3 Å². The number of aromatic nitrogens is 2. The lowest BCUT2D eigenvalue weighted by molar-refractivity contribution is 0.112. The summed E-state index contributed by atoms with van der Waals surface area (Å²) in [5.74, 6) is 0. The molecule has 4 heteroatoms. The summed E-state index contributed by atoms with van der Waals surface area (Å²) in [4.78, 5) is 19.0. The summed E-state index contributed by atoms with van der Waals surface area (Å²) in [6, 6.07) is 7.13. The third-order valence-corrected chi connectivity index (χ3v) is 2.40. The molecule has 2 rings (SSSR count). The first kappa shape index (κ1) is 9.98. The molecule has 2 aromatic heterocycles. The molecule has 0 N–H and O–H groups in total. The summed E-state index contributed by atoms with van der Waals surface area (Å²) in [5.41, 5.74) is 2.13. The monoisotopic (exact) mass is 262 g/mol. The Hall–Kier alpha value is -1.55. The molecule has 15 heavy (non-hydrogen) atoms. The molecule has 0 unspecified atom stereocenters. The van der Waals surface area contributed by atoms with E-state index in [1.807, 2.05) is 12.1 Å². The lowest BCUT2D eigenvalue weighted by atomic mass is 10.1. The zero-order valence-electron chi connectivity index (χ0n) is 7.72. The third-order valence-electron chi connectivity index (χ3n) is 1.97. The molecule has 0 aliphatic carbocycles. The first-order valence-corrected chi connectivity index (χ1v) is 5.12. The average molecular weight is 263 g/mol. The van der Waals surface area contributed by atoms with E-state index >= 15 is 0 Å². The Morgan fingerprint density at radius 2 is 2.07 bits per heavy atom. The van der Waals surface area contributed by atoms with Crippen LogP contribution in [0.2, 0.25) is 0 Å². The fraction of sp³-hybridized carbons (Fsp3) is 0. The van der Waals surface area contributed by atoms with Crippen molar-refractivity contribution in [3.8, 4) is 11.3 Å². The summed E-state index contributed by atoms with van der Waals surface area (Å²) >= 11 is 3.28. The zero-order valence-corrected chi connectivity index (χ0v) is 9.31. The number of carbonyl (C=O) groups is 1. The number of rotatable bonds is 2. The van der Waals surface area contributed by atoms with E-state index in [1.165, 1.54) is 0 Å². The third kappa shape index (κ3) is 2.10. The van der Waals surface area contributed by atoms with Crippen molar-refractivity contribution in [3.05, 3.63) is 46.8 Å². The van der Waals surface area contributed by atoms with Crippen LogP contribution < -0.4 is 0 Å². The molecule has 0 saturated heterocycles. The molecule has 0 aliphatic heterocycles. The van der Waals surface area contributed by atoms with Crippen molar-refractivity contribution >= 4 is 22.2 Å². The number of halogens is 1. The van der Waals surface area contributed by atoms with Gasteiger partial charge in [0.15, 0.2) is 6.29 Å². The minimum absolute atomic E-state index is 0.579. The molecule has 0 bridgehead atoms. The van der Waals surface area contributed by atoms with Crippen molar-refractivity contribution in [2.75, 3.05) is 0 Å². The Labute approximate surface area is 95.3 Å². The van der Waals surface area contributed by atoms with Gasteiger partial charge >= 0.3 is 0 Å². The van der Waals surface area contributed by atoms with E-state index in [0.29, 0.717) is 11.3 Å². The summed E-state index contributed by atoms with van der Waals surface area (Å²) in [6.45, 7) is 0. The highest BCUT2D eigenvalue weighted by Gasteiger charge is 2.05. The molecule has 0 aliphatic rings. The second-order valence-electron chi connectivity index (χ2n) is 2.93. The SMILES string of the molecule is O=Cc1cccnc1-c1ccnc(Br)c1. The number of aldehydes is 1. The highest BCUT2D eigenvalue weighted by atomic mass is 79.9. The summed E-state index contributed by atoms with van der Waals surface area (Å²) in [7, 11) is 0. The molecule has 0 radical (unpaired) electrons. The van der Waals surface area contributed by atoms with Gasteiger partial charge in [-0.1, -0.05) is 0 Å². The Bertz CT molecular complexity index is 499. The predicted molar refractivity (Wildman–Crippen MR) is 60.6 cm³/mol. The second-order valence-corrected chi connectivity index (χ2v) is 3.74. The Morgan fingerprint density at radius 3 is 2.80 bits per heavy atom. The lowest BCUT2D eigenvalue weighted by Crippen LogP contribution is -1.91. The van der Waals surface area contributed by atoms with E-state index in [1.54, 1.807) is 24.5 Å². The van der Waals surface area contributed by atoms with Crippen LogP contribution in [-0.4, -0.2) is 16.3 Å². The summed E-state index contributed by atoms with van der Waals surface area (Å²) in [6.07, 6.45) is 4.13. The van der Waals surface area contributed by atoms with Crippen LogP contribution in [0.4, 0.5) is 0 Å². The predicted octanol–water partition coefficient (Wildman–Crippen LogP) is 2.72. The van der Waals surface area contributed by atoms with E-state index in [9.17, 15) is 4.79 Å². The van der Waals surface area contributed by atoms with Crippen LogP contribution in [0.3, 0.4) is 0 Å². The van der Waals surface area contributed by atoms with E-state index in [0.717, 1.165) is 16.5 Å². The van der Waals surface area contributed by atoms with Gasteiger partial charge in [-0.25, -0.2) is 4.98 Å². The molecule has 0 fully saturated rings. The normalized spacial score (nSPS) is 9.93. The standard InChI is InChI=1S/C11H7BrN2O/c12-10-6-8(3-5-13-10)11-9(7-15)2-1-4-14-11/h1-7H. The zero-order chi connectivity index (χ0) is 10.7. The van der Waals surface area contributed by atoms with Crippen molar-refractivity contribution in [1.29, 1.82) is 0 Å². The summed E-state index contributed by atoms with van der Waals surface area (Å²) in [5, 5.41) is 0. The van der Waals surface area contributed by atoms with Crippen LogP contribution in [-0.2, 0) is 0 Å².